The Bertz CT molecular complexity index is 464. The highest BCUT2D eigenvalue weighted by Crippen LogP contribution is 2.31. The quantitative estimate of drug-likeness (QED) is 0.554. The molecule has 0 spiro atoms. The summed E-state index contributed by atoms with van der Waals surface area (Å²) in [6, 6.07) is 6.14. The summed E-state index contributed by atoms with van der Waals surface area (Å²) in [6.45, 7) is -0.103. The molecule has 0 bridgehead atoms. The molecule has 0 unspecified atom stereocenters. The molecule has 0 amide bonds. The van der Waals surface area contributed by atoms with Crippen LogP contribution in [-0.4, -0.2) is 41.4 Å². The Balaban J connectivity index is 3.28. The lowest BCUT2D eigenvalue weighted by atomic mass is 10.1. The minimum Gasteiger partial charge on any atom is -0.395 e. The second-order valence-corrected chi connectivity index (χ2v) is 3.48. The Morgan fingerprint density at radius 1 is 1.33 bits per heavy atom. The number of rotatable bonds is 6. The number of aliphatic hydroxyl groups excluding tert-OH is 2. The van der Waals surface area contributed by atoms with E-state index in [-0.39, 0.29) is 43.2 Å². The smallest absolute Gasteiger partial charge is 0.310 e. The fourth-order valence-electron chi connectivity index (χ4n) is 1.66. The maximum Gasteiger partial charge on any atom is 0.310 e. The summed E-state index contributed by atoms with van der Waals surface area (Å²) in [4.78, 5) is 11.9. The molecule has 1 aromatic carbocycles. The van der Waals surface area contributed by atoms with Crippen LogP contribution in [0.4, 0.5) is 11.4 Å². The average molecular weight is 251 g/mol. The molecule has 0 atom stereocenters. The normalized spacial score (nSPS) is 9.83. The zero-order valence-electron chi connectivity index (χ0n) is 9.61. The van der Waals surface area contributed by atoms with Crippen LogP contribution in [0.25, 0.3) is 0 Å². The Hall–Kier alpha value is -2.17. The van der Waals surface area contributed by atoms with Crippen LogP contribution in [0.5, 0.6) is 0 Å². The summed E-state index contributed by atoms with van der Waals surface area (Å²) in [6.07, 6.45) is 0. The number of aliphatic hydroxyl groups is 2. The van der Waals surface area contributed by atoms with Crippen molar-refractivity contribution < 1.29 is 15.1 Å². The molecule has 96 valence electrons. The number of benzene rings is 1. The van der Waals surface area contributed by atoms with Gasteiger partial charge in [-0.25, -0.2) is 0 Å². The summed E-state index contributed by atoms with van der Waals surface area (Å²) in [5, 5.41) is 37.7. The molecule has 7 nitrogen and oxygen atoms in total. The molecule has 0 saturated carbocycles. The number of hydrogen-bond acceptors (Lipinski definition) is 6. The Kier molecular flexibility index (Phi) is 5.05. The van der Waals surface area contributed by atoms with E-state index in [1.54, 1.807) is 6.07 Å². The number of hydrogen-bond donors (Lipinski definition) is 2. The molecular formula is C11H13N3O4. The maximum absolute atomic E-state index is 11.0. The second-order valence-electron chi connectivity index (χ2n) is 3.48. The zero-order chi connectivity index (χ0) is 13.5. The van der Waals surface area contributed by atoms with E-state index in [1.165, 1.54) is 23.1 Å². The first-order chi connectivity index (χ1) is 8.65. The first kappa shape index (κ1) is 13.9. The highest BCUT2D eigenvalue weighted by Gasteiger charge is 2.23. The van der Waals surface area contributed by atoms with Crippen LogP contribution in [0, 0.1) is 21.4 Å². The van der Waals surface area contributed by atoms with Gasteiger partial charge in [-0.1, -0.05) is 6.07 Å². The zero-order valence-corrected chi connectivity index (χ0v) is 9.61. The third-order valence-corrected chi connectivity index (χ3v) is 2.40. The largest absolute Gasteiger partial charge is 0.395 e. The summed E-state index contributed by atoms with van der Waals surface area (Å²) in [5.74, 6) is 0. The van der Waals surface area contributed by atoms with Gasteiger partial charge >= 0.3 is 5.69 Å². The van der Waals surface area contributed by atoms with E-state index in [9.17, 15) is 10.1 Å². The monoisotopic (exact) mass is 251 g/mol. The van der Waals surface area contributed by atoms with Crippen molar-refractivity contribution in [2.45, 2.75) is 0 Å². The second kappa shape index (κ2) is 6.54. The molecule has 2 N–H and O–H groups in total. The van der Waals surface area contributed by atoms with Crippen LogP contribution < -0.4 is 4.90 Å². The van der Waals surface area contributed by atoms with Crippen molar-refractivity contribution >= 4 is 11.4 Å². The number of anilines is 1. The van der Waals surface area contributed by atoms with Gasteiger partial charge in [0.05, 0.1) is 18.1 Å². The van der Waals surface area contributed by atoms with Crippen molar-refractivity contribution in [2.24, 2.45) is 0 Å². The molecule has 0 saturated heterocycles. The number of nitro benzene ring substituents is 1. The number of nitro groups is 1. The van der Waals surface area contributed by atoms with Gasteiger partial charge in [-0.2, -0.15) is 5.26 Å². The third-order valence-electron chi connectivity index (χ3n) is 2.40. The van der Waals surface area contributed by atoms with Gasteiger partial charge in [0.1, 0.15) is 17.3 Å². The lowest BCUT2D eigenvalue weighted by molar-refractivity contribution is -0.384. The van der Waals surface area contributed by atoms with Crippen molar-refractivity contribution in [3.63, 3.8) is 0 Å². The van der Waals surface area contributed by atoms with Crippen molar-refractivity contribution in [1.82, 2.24) is 0 Å². The first-order valence-electron chi connectivity index (χ1n) is 5.29. The molecule has 18 heavy (non-hydrogen) atoms. The highest BCUT2D eigenvalue weighted by molar-refractivity contribution is 5.69. The van der Waals surface area contributed by atoms with E-state index in [1.807, 2.05) is 0 Å². The molecule has 1 rings (SSSR count). The van der Waals surface area contributed by atoms with Crippen molar-refractivity contribution in [3.8, 4) is 6.07 Å². The SMILES string of the molecule is N#Cc1cccc(N(CCO)CCO)c1[N+](=O)[O-]. The molecule has 0 aromatic heterocycles. The predicted molar refractivity (Wildman–Crippen MR) is 64.2 cm³/mol. The minimum atomic E-state index is -0.629. The standard InChI is InChI=1S/C11H13N3O4/c12-8-9-2-1-3-10(11(9)14(17)18)13(4-6-15)5-7-16/h1-3,15-16H,4-7H2. The van der Waals surface area contributed by atoms with Crippen LogP contribution in [0.15, 0.2) is 18.2 Å². The van der Waals surface area contributed by atoms with Gasteiger partial charge in [0.15, 0.2) is 0 Å². The van der Waals surface area contributed by atoms with E-state index in [2.05, 4.69) is 0 Å². The van der Waals surface area contributed by atoms with Gasteiger partial charge in [0.25, 0.3) is 0 Å². The summed E-state index contributed by atoms with van der Waals surface area (Å²) in [5.41, 5.74) is -0.123. The fraction of sp³-hybridized carbons (Fsp3) is 0.364. The number of nitriles is 1. The molecule has 1 aromatic rings. The van der Waals surface area contributed by atoms with Gasteiger partial charge in [0, 0.05) is 13.1 Å². The van der Waals surface area contributed by atoms with Gasteiger partial charge in [-0.3, -0.25) is 10.1 Å². The lowest BCUT2D eigenvalue weighted by Gasteiger charge is -2.22. The molecular weight excluding hydrogens is 238 g/mol. The van der Waals surface area contributed by atoms with Crippen molar-refractivity contribution in [3.05, 3.63) is 33.9 Å². The van der Waals surface area contributed by atoms with Crippen molar-refractivity contribution in [2.75, 3.05) is 31.2 Å². The van der Waals surface area contributed by atoms with Gasteiger partial charge < -0.3 is 15.1 Å². The molecule has 0 heterocycles. The topological polar surface area (TPSA) is 111 Å². The number of nitrogens with zero attached hydrogens (tertiary/aromatic N) is 3. The van der Waals surface area contributed by atoms with E-state index in [4.69, 9.17) is 15.5 Å². The first-order valence-corrected chi connectivity index (χ1v) is 5.29. The van der Waals surface area contributed by atoms with Crippen LogP contribution in [0.2, 0.25) is 0 Å². The Morgan fingerprint density at radius 2 is 1.94 bits per heavy atom. The minimum absolute atomic E-state index is 0.0432. The molecule has 0 fully saturated rings. The highest BCUT2D eigenvalue weighted by atomic mass is 16.6. The van der Waals surface area contributed by atoms with E-state index in [0.29, 0.717) is 0 Å². The summed E-state index contributed by atoms with van der Waals surface area (Å²) in [7, 11) is 0. The Morgan fingerprint density at radius 3 is 2.39 bits per heavy atom. The molecule has 0 radical (unpaired) electrons. The maximum atomic E-state index is 11.0. The van der Waals surface area contributed by atoms with Crippen LogP contribution in [-0.2, 0) is 0 Å². The van der Waals surface area contributed by atoms with Gasteiger partial charge in [-0.05, 0) is 12.1 Å². The molecule has 7 heteroatoms. The molecule has 0 aliphatic rings. The van der Waals surface area contributed by atoms with Crippen LogP contribution in [0.1, 0.15) is 5.56 Å². The van der Waals surface area contributed by atoms with Gasteiger partial charge in [-0.15, -0.1) is 0 Å². The van der Waals surface area contributed by atoms with E-state index < -0.39 is 4.92 Å². The summed E-state index contributed by atoms with van der Waals surface area (Å²) >= 11 is 0. The summed E-state index contributed by atoms with van der Waals surface area (Å²) < 4.78 is 0. The Labute approximate surface area is 104 Å². The fourth-order valence-corrected chi connectivity index (χ4v) is 1.66. The molecule has 0 aliphatic heterocycles. The van der Waals surface area contributed by atoms with Crippen molar-refractivity contribution in [1.29, 1.82) is 5.26 Å². The predicted octanol–water partition coefficient (Wildman–Crippen LogP) is 0.257. The van der Waals surface area contributed by atoms with E-state index >= 15 is 0 Å². The average Bonchev–Trinajstić information content (AvgIpc) is 2.37. The van der Waals surface area contributed by atoms with Gasteiger partial charge in [0.2, 0.25) is 0 Å². The molecule has 0 aliphatic carbocycles. The third kappa shape index (κ3) is 2.94. The number of para-hydroxylation sites is 1. The van der Waals surface area contributed by atoms with E-state index in [0.717, 1.165) is 0 Å². The van der Waals surface area contributed by atoms with Crippen LogP contribution >= 0.6 is 0 Å². The lowest BCUT2D eigenvalue weighted by Crippen LogP contribution is -2.30. The van der Waals surface area contributed by atoms with Crippen LogP contribution in [0.3, 0.4) is 0 Å².